The molecule has 1 heterocycles. The molecule has 7 heteroatoms. The molecule has 0 aliphatic heterocycles. The first kappa shape index (κ1) is 10.6. The highest BCUT2D eigenvalue weighted by molar-refractivity contribution is 5.53. The molecule has 0 radical (unpaired) electrons. The zero-order valence-corrected chi connectivity index (χ0v) is 7.39. The summed E-state index contributed by atoms with van der Waals surface area (Å²) in [6, 6.07) is 0. The Labute approximate surface area is 78.4 Å². The fourth-order valence-electron chi connectivity index (χ4n) is 0.826. The zero-order chi connectivity index (χ0) is 10.8. The van der Waals surface area contributed by atoms with Crippen molar-refractivity contribution in [3.63, 3.8) is 0 Å². The summed E-state index contributed by atoms with van der Waals surface area (Å²) in [5.41, 5.74) is 5.80. The third-order valence-electron chi connectivity index (χ3n) is 1.58. The minimum absolute atomic E-state index is 0.106. The molecule has 0 spiro atoms. The van der Waals surface area contributed by atoms with Gasteiger partial charge >= 0.3 is 6.18 Å². The third-order valence-corrected chi connectivity index (χ3v) is 1.58. The zero-order valence-electron chi connectivity index (χ0n) is 7.39. The smallest absolute Gasteiger partial charge is 0.383 e. The molecular weight excluding hydrogens is 197 g/mol. The molecule has 0 amide bonds. The molecule has 1 aromatic heterocycles. The summed E-state index contributed by atoms with van der Waals surface area (Å²) in [7, 11) is 0. The van der Waals surface area contributed by atoms with Crippen LogP contribution in [0.15, 0.2) is 6.33 Å². The van der Waals surface area contributed by atoms with Crippen molar-refractivity contribution in [3.8, 4) is 0 Å². The molecule has 1 aromatic rings. The van der Waals surface area contributed by atoms with Crippen LogP contribution < -0.4 is 11.1 Å². The van der Waals surface area contributed by atoms with Gasteiger partial charge in [0.15, 0.2) is 0 Å². The average Bonchev–Trinajstić information content (AvgIpc) is 2.06. The van der Waals surface area contributed by atoms with Gasteiger partial charge in [0.1, 0.15) is 24.5 Å². The highest BCUT2D eigenvalue weighted by Gasteiger charge is 2.27. The van der Waals surface area contributed by atoms with E-state index >= 15 is 0 Å². The maximum Gasteiger partial charge on any atom is 0.405 e. The van der Waals surface area contributed by atoms with Gasteiger partial charge in [0.2, 0.25) is 0 Å². The Kier molecular flexibility index (Phi) is 2.78. The van der Waals surface area contributed by atoms with E-state index in [2.05, 4.69) is 15.3 Å². The van der Waals surface area contributed by atoms with Gasteiger partial charge in [0, 0.05) is 5.56 Å². The van der Waals surface area contributed by atoms with Crippen LogP contribution in [-0.4, -0.2) is 22.7 Å². The number of halogens is 3. The van der Waals surface area contributed by atoms with Crippen molar-refractivity contribution in [1.82, 2.24) is 9.97 Å². The molecule has 78 valence electrons. The number of nitrogens with two attached hydrogens (primary N) is 1. The summed E-state index contributed by atoms with van der Waals surface area (Å²) in [6.07, 6.45) is -3.16. The number of rotatable bonds is 2. The van der Waals surface area contributed by atoms with Gasteiger partial charge in [-0.1, -0.05) is 0 Å². The number of anilines is 2. The monoisotopic (exact) mass is 206 g/mol. The van der Waals surface area contributed by atoms with Gasteiger partial charge in [0.25, 0.3) is 0 Å². The van der Waals surface area contributed by atoms with Crippen LogP contribution in [0.4, 0.5) is 24.8 Å². The molecule has 0 saturated heterocycles. The highest BCUT2D eigenvalue weighted by Crippen LogP contribution is 2.19. The van der Waals surface area contributed by atoms with Gasteiger partial charge in [0.05, 0.1) is 0 Å². The molecule has 3 N–H and O–H groups in total. The van der Waals surface area contributed by atoms with Gasteiger partial charge in [-0.15, -0.1) is 0 Å². The normalized spacial score (nSPS) is 11.4. The SMILES string of the molecule is Cc1c(N)ncnc1NCC(F)(F)F. The molecule has 0 unspecified atom stereocenters. The molecule has 1 rings (SSSR count). The lowest BCUT2D eigenvalue weighted by molar-refractivity contribution is -0.115. The Bertz CT molecular complexity index is 323. The number of hydrogen-bond donors (Lipinski definition) is 2. The van der Waals surface area contributed by atoms with Gasteiger partial charge in [-0.3, -0.25) is 0 Å². The lowest BCUT2D eigenvalue weighted by Crippen LogP contribution is -2.22. The van der Waals surface area contributed by atoms with E-state index in [-0.39, 0.29) is 11.6 Å². The fraction of sp³-hybridized carbons (Fsp3) is 0.429. The molecule has 0 aliphatic rings. The van der Waals surface area contributed by atoms with E-state index in [4.69, 9.17) is 5.73 Å². The van der Waals surface area contributed by atoms with Gasteiger partial charge < -0.3 is 11.1 Å². The van der Waals surface area contributed by atoms with Crippen molar-refractivity contribution in [2.45, 2.75) is 13.1 Å². The van der Waals surface area contributed by atoms with Gasteiger partial charge in [-0.05, 0) is 6.92 Å². The second kappa shape index (κ2) is 3.69. The largest absolute Gasteiger partial charge is 0.405 e. The van der Waals surface area contributed by atoms with Crippen molar-refractivity contribution in [1.29, 1.82) is 0 Å². The van der Waals surface area contributed by atoms with E-state index in [0.29, 0.717) is 5.56 Å². The Balaban J connectivity index is 2.73. The lowest BCUT2D eigenvalue weighted by atomic mass is 10.3. The van der Waals surface area contributed by atoms with Crippen LogP contribution in [0.3, 0.4) is 0 Å². The summed E-state index contributed by atoms with van der Waals surface area (Å²) in [5, 5.41) is 2.14. The standard InChI is InChI=1S/C7H9F3N4/c1-4-5(11)13-3-14-6(4)12-2-7(8,9)10/h3H,2H2,1H3,(H3,11,12,13,14). The fourth-order valence-corrected chi connectivity index (χ4v) is 0.826. The van der Waals surface area contributed by atoms with Crippen LogP contribution in [0.1, 0.15) is 5.56 Å². The number of hydrogen-bond acceptors (Lipinski definition) is 4. The Morgan fingerprint density at radius 2 is 2.07 bits per heavy atom. The summed E-state index contributed by atoms with van der Waals surface area (Å²) in [5.74, 6) is 0.277. The predicted octanol–water partition coefficient (Wildman–Crippen LogP) is 1.34. The van der Waals surface area contributed by atoms with E-state index in [9.17, 15) is 13.2 Å². The summed E-state index contributed by atoms with van der Waals surface area (Å²) >= 11 is 0. The van der Waals surface area contributed by atoms with Crippen LogP contribution in [0.2, 0.25) is 0 Å². The maximum atomic E-state index is 11.8. The first-order valence-electron chi connectivity index (χ1n) is 3.78. The molecular formula is C7H9F3N4. The first-order chi connectivity index (χ1) is 6.40. The van der Waals surface area contributed by atoms with E-state index in [1.165, 1.54) is 0 Å². The van der Waals surface area contributed by atoms with E-state index in [1.807, 2.05) is 0 Å². The van der Waals surface area contributed by atoms with E-state index < -0.39 is 12.7 Å². The predicted molar refractivity (Wildman–Crippen MR) is 45.7 cm³/mol. The van der Waals surface area contributed by atoms with Crippen molar-refractivity contribution >= 4 is 11.6 Å². The Morgan fingerprint density at radius 1 is 1.43 bits per heavy atom. The summed E-state index contributed by atoms with van der Waals surface area (Å²) in [6.45, 7) is 0.415. The molecule has 0 bridgehead atoms. The topological polar surface area (TPSA) is 63.8 Å². The minimum Gasteiger partial charge on any atom is -0.383 e. The number of alkyl halides is 3. The van der Waals surface area contributed by atoms with Crippen LogP contribution in [-0.2, 0) is 0 Å². The lowest BCUT2D eigenvalue weighted by Gasteiger charge is -2.10. The highest BCUT2D eigenvalue weighted by atomic mass is 19.4. The van der Waals surface area contributed by atoms with Crippen molar-refractivity contribution in [3.05, 3.63) is 11.9 Å². The van der Waals surface area contributed by atoms with Crippen molar-refractivity contribution < 1.29 is 13.2 Å². The molecule has 14 heavy (non-hydrogen) atoms. The second-order valence-corrected chi connectivity index (χ2v) is 2.70. The maximum absolute atomic E-state index is 11.8. The van der Waals surface area contributed by atoms with Gasteiger partial charge in [-0.25, -0.2) is 9.97 Å². The molecule has 0 atom stereocenters. The molecule has 0 saturated carbocycles. The van der Waals surface area contributed by atoms with E-state index in [0.717, 1.165) is 6.33 Å². The summed E-state index contributed by atoms with van der Waals surface area (Å²) in [4.78, 5) is 7.27. The van der Waals surface area contributed by atoms with Crippen LogP contribution >= 0.6 is 0 Å². The van der Waals surface area contributed by atoms with Crippen molar-refractivity contribution in [2.75, 3.05) is 17.6 Å². The van der Waals surface area contributed by atoms with Crippen LogP contribution in [0.5, 0.6) is 0 Å². The average molecular weight is 206 g/mol. The molecule has 0 aliphatic carbocycles. The van der Waals surface area contributed by atoms with Crippen LogP contribution in [0.25, 0.3) is 0 Å². The van der Waals surface area contributed by atoms with E-state index in [1.54, 1.807) is 6.92 Å². The molecule has 0 fully saturated rings. The second-order valence-electron chi connectivity index (χ2n) is 2.70. The number of nitrogen functional groups attached to an aromatic ring is 1. The Hall–Kier alpha value is -1.53. The summed E-state index contributed by atoms with van der Waals surface area (Å²) < 4.78 is 35.5. The first-order valence-corrected chi connectivity index (χ1v) is 3.78. The van der Waals surface area contributed by atoms with Gasteiger partial charge in [-0.2, -0.15) is 13.2 Å². The van der Waals surface area contributed by atoms with Crippen molar-refractivity contribution in [2.24, 2.45) is 0 Å². The Morgan fingerprint density at radius 3 is 2.64 bits per heavy atom. The molecule has 4 nitrogen and oxygen atoms in total. The molecule has 0 aromatic carbocycles. The quantitative estimate of drug-likeness (QED) is 0.766. The van der Waals surface area contributed by atoms with Crippen LogP contribution in [0, 0.1) is 6.92 Å². The number of nitrogens with zero attached hydrogens (tertiary/aromatic N) is 2. The number of nitrogens with one attached hydrogen (secondary N) is 1. The minimum atomic E-state index is -4.27. The third kappa shape index (κ3) is 2.75. The number of aromatic nitrogens is 2.